The van der Waals surface area contributed by atoms with Gasteiger partial charge in [-0.25, -0.2) is 18.0 Å². The van der Waals surface area contributed by atoms with E-state index in [-0.39, 0.29) is 25.4 Å². The summed E-state index contributed by atoms with van der Waals surface area (Å²) in [6, 6.07) is 15.3. The van der Waals surface area contributed by atoms with Crippen LogP contribution in [0.5, 0.6) is 0 Å². The van der Waals surface area contributed by atoms with Crippen LogP contribution in [0.4, 0.5) is 10.5 Å². The van der Waals surface area contributed by atoms with E-state index >= 15 is 0 Å². The van der Waals surface area contributed by atoms with Gasteiger partial charge < -0.3 is 15.2 Å². The number of esters is 1. The molecule has 4 rings (SSSR count). The van der Waals surface area contributed by atoms with Crippen LogP contribution < -0.4 is 5.32 Å². The number of anilines is 1. The monoisotopic (exact) mass is 586 g/mol. The van der Waals surface area contributed by atoms with Crippen molar-refractivity contribution in [2.24, 2.45) is 0 Å². The Balaban J connectivity index is 1.59. The molecular weight excluding hydrogens is 548 g/mol. The molecule has 11 nitrogen and oxygen atoms in total. The van der Waals surface area contributed by atoms with Gasteiger partial charge in [0.25, 0.3) is 5.91 Å². The highest BCUT2D eigenvalue weighted by Gasteiger charge is 2.55. The topological polar surface area (TPSA) is 137 Å². The number of hydrogen-bond donors (Lipinski definition) is 2. The Morgan fingerprint density at radius 2 is 1.61 bits per heavy atom. The molecule has 0 saturated carbocycles. The number of nitrogens with one attached hydrogen (secondary N) is 1. The molecule has 0 aromatic heterocycles. The van der Waals surface area contributed by atoms with E-state index in [1.807, 2.05) is 30.3 Å². The molecule has 2 saturated heterocycles. The van der Waals surface area contributed by atoms with Crippen LogP contribution in [0.3, 0.4) is 0 Å². The van der Waals surface area contributed by atoms with Crippen LogP contribution in [0.25, 0.3) is 0 Å². The van der Waals surface area contributed by atoms with Crippen molar-refractivity contribution in [3.63, 3.8) is 0 Å². The zero-order valence-electron chi connectivity index (χ0n) is 23.9. The number of piperazine rings is 1. The number of nitrogens with zero attached hydrogens (tertiary/aromatic N) is 3. The quantitative estimate of drug-likeness (QED) is 0.473. The first kappa shape index (κ1) is 30.5. The minimum Gasteiger partial charge on any atom is -0.465 e. The zero-order valence-corrected chi connectivity index (χ0v) is 24.7. The number of carbonyl (C=O) groups is 3. The van der Waals surface area contributed by atoms with Crippen LogP contribution in [0, 0.1) is 0 Å². The highest BCUT2D eigenvalue weighted by atomic mass is 32.2. The van der Waals surface area contributed by atoms with Crippen molar-refractivity contribution in [2.45, 2.75) is 50.8 Å². The first-order valence-corrected chi connectivity index (χ1v) is 15.4. The van der Waals surface area contributed by atoms with Crippen molar-refractivity contribution in [1.82, 2.24) is 14.1 Å². The Morgan fingerprint density at radius 1 is 1.00 bits per heavy atom. The van der Waals surface area contributed by atoms with E-state index < -0.39 is 39.1 Å². The molecular formula is C29H38N4O7S. The molecule has 0 spiro atoms. The van der Waals surface area contributed by atoms with Crippen LogP contribution in [0.2, 0.25) is 0 Å². The predicted octanol–water partition coefficient (Wildman–Crippen LogP) is 2.89. The van der Waals surface area contributed by atoms with Crippen LogP contribution in [0.15, 0.2) is 54.6 Å². The maximum absolute atomic E-state index is 14.1. The number of amides is 2. The van der Waals surface area contributed by atoms with Crippen molar-refractivity contribution < 1.29 is 32.6 Å². The summed E-state index contributed by atoms with van der Waals surface area (Å²) in [5.41, 5.74) is -0.486. The van der Waals surface area contributed by atoms with Crippen molar-refractivity contribution in [3.05, 3.63) is 65.7 Å². The maximum Gasteiger partial charge on any atom is 0.408 e. The first-order valence-electron chi connectivity index (χ1n) is 13.6. The Hall–Kier alpha value is -3.48. The van der Waals surface area contributed by atoms with Crippen molar-refractivity contribution in [3.8, 4) is 0 Å². The van der Waals surface area contributed by atoms with Gasteiger partial charge in [0.2, 0.25) is 10.0 Å². The van der Waals surface area contributed by atoms with Gasteiger partial charge in [-0.1, -0.05) is 30.3 Å². The van der Waals surface area contributed by atoms with Crippen LogP contribution in [-0.2, 0) is 26.0 Å². The van der Waals surface area contributed by atoms with Gasteiger partial charge in [-0.15, -0.1) is 0 Å². The van der Waals surface area contributed by atoms with E-state index in [1.54, 1.807) is 45.0 Å². The van der Waals surface area contributed by atoms with E-state index in [2.05, 4.69) is 10.2 Å². The Bertz CT molecular complexity index is 1370. The Morgan fingerprint density at radius 3 is 2.15 bits per heavy atom. The lowest BCUT2D eigenvalue weighted by molar-refractivity contribution is -0.125. The summed E-state index contributed by atoms with van der Waals surface area (Å²) in [7, 11) is -3.32. The van der Waals surface area contributed by atoms with Crippen LogP contribution >= 0.6 is 0 Å². The molecule has 2 aromatic carbocycles. The summed E-state index contributed by atoms with van der Waals surface area (Å²) in [6.07, 6.45) is 0.393. The molecule has 2 fully saturated rings. The lowest BCUT2D eigenvalue weighted by Gasteiger charge is -2.37. The number of carbonyl (C=O) groups excluding carboxylic acids is 2. The molecule has 41 heavy (non-hydrogen) atoms. The lowest BCUT2D eigenvalue weighted by atomic mass is 9.85. The van der Waals surface area contributed by atoms with Gasteiger partial charge in [0.15, 0.2) is 0 Å². The number of carboxylic acid groups (broad SMARTS) is 1. The van der Waals surface area contributed by atoms with Crippen LogP contribution in [-0.4, -0.2) is 102 Å². The number of hydrogen-bond acceptors (Lipinski definition) is 7. The van der Waals surface area contributed by atoms with Crippen molar-refractivity contribution >= 4 is 33.7 Å². The fourth-order valence-electron chi connectivity index (χ4n) is 5.53. The maximum atomic E-state index is 14.1. The average Bonchev–Trinajstić information content (AvgIpc) is 3.29. The number of likely N-dealkylation sites (tertiary alicyclic amines) is 1. The molecule has 2 aliphatic rings. The molecule has 0 bridgehead atoms. The van der Waals surface area contributed by atoms with Gasteiger partial charge in [0.05, 0.1) is 11.8 Å². The van der Waals surface area contributed by atoms with Crippen LogP contribution in [0.1, 0.15) is 43.1 Å². The summed E-state index contributed by atoms with van der Waals surface area (Å²) < 4.78 is 30.8. The fraction of sp³-hybridized carbons (Fsp3) is 0.483. The summed E-state index contributed by atoms with van der Waals surface area (Å²) in [5, 5.41) is 13.2. The Kier molecular flexibility index (Phi) is 8.76. The van der Waals surface area contributed by atoms with Gasteiger partial charge in [0, 0.05) is 50.9 Å². The summed E-state index contributed by atoms with van der Waals surface area (Å²) >= 11 is 0. The second-order valence-electron chi connectivity index (χ2n) is 11.7. The third-order valence-electron chi connectivity index (χ3n) is 7.51. The summed E-state index contributed by atoms with van der Waals surface area (Å²) in [4.78, 5) is 42.4. The molecule has 2 aromatic rings. The molecule has 2 atom stereocenters. The van der Waals surface area contributed by atoms with Crippen molar-refractivity contribution in [1.29, 1.82) is 0 Å². The zero-order chi connectivity index (χ0) is 30.0. The third-order valence-corrected chi connectivity index (χ3v) is 8.82. The highest BCUT2D eigenvalue weighted by molar-refractivity contribution is 7.88. The van der Waals surface area contributed by atoms with E-state index in [0.717, 1.165) is 5.56 Å². The molecule has 2 N–H and O–H groups in total. The van der Waals surface area contributed by atoms with Gasteiger partial charge >= 0.3 is 12.1 Å². The summed E-state index contributed by atoms with van der Waals surface area (Å²) in [5.74, 6) is -0.950. The van der Waals surface area contributed by atoms with E-state index in [4.69, 9.17) is 4.74 Å². The molecule has 2 amide bonds. The molecule has 12 heteroatoms. The van der Waals surface area contributed by atoms with Gasteiger partial charge in [-0.05, 0) is 57.0 Å². The second-order valence-corrected chi connectivity index (χ2v) is 13.7. The molecule has 222 valence electrons. The number of ether oxygens (including phenoxy) is 1. The second kappa shape index (κ2) is 11.8. The first-order chi connectivity index (χ1) is 19.2. The smallest absolute Gasteiger partial charge is 0.408 e. The fourth-order valence-corrected chi connectivity index (χ4v) is 6.35. The van der Waals surface area contributed by atoms with Gasteiger partial charge in [-0.3, -0.25) is 14.6 Å². The molecule has 2 aliphatic heterocycles. The number of sulfonamides is 1. The summed E-state index contributed by atoms with van der Waals surface area (Å²) in [6.45, 7) is 6.96. The average molecular weight is 587 g/mol. The SMILES string of the molecule is CC(C)(C)OC(=O)c1ccc(NC(=O)[C@]2(Cc3ccccc3)C[C@H](N3CCN(S(C)(=O)=O)CC3)CN2C(=O)O)cc1. The standard InChI is InChI=1S/C29H38N4O7S/c1-28(2,3)40-25(34)22-10-12-23(13-11-22)30-26(35)29(18-21-8-6-5-7-9-21)19-24(20-33(29)27(36)37)31-14-16-32(17-15-31)41(4,38)39/h5-13,24H,14-20H2,1-4H3,(H,30,35)(H,36,37)/t24-,29-/m0/s1. The molecule has 2 heterocycles. The van der Waals surface area contributed by atoms with Gasteiger partial charge in [0.1, 0.15) is 11.1 Å². The van der Waals surface area contributed by atoms with Crippen molar-refractivity contribution in [2.75, 3.05) is 44.3 Å². The highest BCUT2D eigenvalue weighted by Crippen LogP contribution is 2.37. The van der Waals surface area contributed by atoms with Gasteiger partial charge in [-0.2, -0.15) is 4.31 Å². The largest absolute Gasteiger partial charge is 0.465 e. The molecule has 0 radical (unpaired) electrons. The lowest BCUT2D eigenvalue weighted by Crippen LogP contribution is -2.56. The number of rotatable bonds is 7. The predicted molar refractivity (Wildman–Crippen MR) is 154 cm³/mol. The minimum atomic E-state index is -3.32. The third kappa shape index (κ3) is 7.24. The molecule has 0 unspecified atom stereocenters. The normalized spacial score (nSPS) is 22.3. The number of benzene rings is 2. The van der Waals surface area contributed by atoms with E-state index in [1.165, 1.54) is 15.5 Å². The Labute approximate surface area is 241 Å². The minimum absolute atomic E-state index is 0.117. The van der Waals surface area contributed by atoms with E-state index in [0.29, 0.717) is 37.4 Å². The van der Waals surface area contributed by atoms with E-state index in [9.17, 15) is 27.9 Å². The molecule has 0 aliphatic carbocycles.